The SMILES string of the molecule is CC(C)Oc1ccc(Cl)cc1C(=O)N1CCC(C2OCCO2)CC1. The molecular formula is C18H24ClNO4. The third-order valence-corrected chi connectivity index (χ3v) is 4.63. The lowest BCUT2D eigenvalue weighted by Gasteiger charge is -2.34. The van der Waals surface area contributed by atoms with Crippen molar-refractivity contribution in [3.8, 4) is 5.75 Å². The molecular weight excluding hydrogens is 330 g/mol. The quantitative estimate of drug-likeness (QED) is 0.832. The molecule has 2 aliphatic rings. The second-order valence-corrected chi connectivity index (χ2v) is 6.98. The zero-order valence-corrected chi connectivity index (χ0v) is 14.9. The number of halogens is 1. The van der Waals surface area contributed by atoms with E-state index < -0.39 is 0 Å². The van der Waals surface area contributed by atoms with Gasteiger partial charge in [0.25, 0.3) is 5.91 Å². The lowest BCUT2D eigenvalue weighted by atomic mass is 9.95. The first-order chi connectivity index (χ1) is 11.5. The summed E-state index contributed by atoms with van der Waals surface area (Å²) in [5, 5.41) is 0.539. The average Bonchev–Trinajstić information content (AvgIpc) is 3.10. The maximum Gasteiger partial charge on any atom is 0.257 e. The highest BCUT2D eigenvalue weighted by atomic mass is 35.5. The minimum Gasteiger partial charge on any atom is -0.490 e. The van der Waals surface area contributed by atoms with Crippen LogP contribution >= 0.6 is 11.6 Å². The van der Waals surface area contributed by atoms with Crippen molar-refractivity contribution in [2.45, 2.75) is 39.1 Å². The monoisotopic (exact) mass is 353 g/mol. The van der Waals surface area contributed by atoms with Gasteiger partial charge in [0.2, 0.25) is 0 Å². The van der Waals surface area contributed by atoms with E-state index in [0.29, 0.717) is 48.6 Å². The number of rotatable bonds is 4. The lowest BCUT2D eigenvalue weighted by molar-refractivity contribution is -0.0956. The summed E-state index contributed by atoms with van der Waals surface area (Å²) in [6, 6.07) is 5.20. The van der Waals surface area contributed by atoms with E-state index in [0.717, 1.165) is 12.8 Å². The number of hydrogen-bond acceptors (Lipinski definition) is 4. The van der Waals surface area contributed by atoms with Gasteiger partial charge in [0.15, 0.2) is 6.29 Å². The van der Waals surface area contributed by atoms with Crippen molar-refractivity contribution in [2.75, 3.05) is 26.3 Å². The van der Waals surface area contributed by atoms with Gasteiger partial charge in [0.1, 0.15) is 5.75 Å². The number of carbonyl (C=O) groups is 1. The van der Waals surface area contributed by atoms with Crippen molar-refractivity contribution < 1.29 is 19.0 Å². The molecule has 0 atom stereocenters. The standard InChI is InChI=1S/C18H24ClNO4/c1-12(2)24-16-4-3-14(19)11-15(16)17(21)20-7-5-13(6-8-20)18-22-9-10-23-18/h3-4,11-13,18H,5-10H2,1-2H3. The van der Waals surface area contributed by atoms with Gasteiger partial charge < -0.3 is 19.1 Å². The Hall–Kier alpha value is -1.30. The van der Waals surface area contributed by atoms with Crippen molar-refractivity contribution >= 4 is 17.5 Å². The van der Waals surface area contributed by atoms with E-state index in [2.05, 4.69) is 0 Å². The maximum absolute atomic E-state index is 12.9. The van der Waals surface area contributed by atoms with Gasteiger partial charge in [-0.2, -0.15) is 0 Å². The largest absolute Gasteiger partial charge is 0.490 e. The van der Waals surface area contributed by atoms with Crippen molar-refractivity contribution in [3.63, 3.8) is 0 Å². The molecule has 132 valence electrons. The zero-order chi connectivity index (χ0) is 17.1. The molecule has 2 heterocycles. The minimum atomic E-state index is -0.103. The van der Waals surface area contributed by atoms with Crippen LogP contribution in [-0.2, 0) is 9.47 Å². The van der Waals surface area contributed by atoms with Crippen LogP contribution in [0.3, 0.4) is 0 Å². The van der Waals surface area contributed by atoms with Gasteiger partial charge in [-0.05, 0) is 44.9 Å². The molecule has 0 radical (unpaired) electrons. The molecule has 0 spiro atoms. The minimum absolute atomic E-state index is 0.000117. The number of amides is 1. The highest BCUT2D eigenvalue weighted by molar-refractivity contribution is 6.31. The molecule has 1 aromatic rings. The Bertz CT molecular complexity index is 578. The highest BCUT2D eigenvalue weighted by Crippen LogP contribution is 2.29. The molecule has 1 amide bonds. The van der Waals surface area contributed by atoms with Crippen molar-refractivity contribution in [1.29, 1.82) is 0 Å². The van der Waals surface area contributed by atoms with Crippen LogP contribution in [0.5, 0.6) is 5.75 Å². The van der Waals surface area contributed by atoms with E-state index in [-0.39, 0.29) is 18.3 Å². The summed E-state index contributed by atoms with van der Waals surface area (Å²) in [6.45, 7) is 6.61. The molecule has 2 fully saturated rings. The first-order valence-electron chi connectivity index (χ1n) is 8.53. The molecule has 0 aliphatic carbocycles. The Morgan fingerprint density at radius 2 is 1.92 bits per heavy atom. The van der Waals surface area contributed by atoms with Crippen LogP contribution in [0.2, 0.25) is 5.02 Å². The zero-order valence-electron chi connectivity index (χ0n) is 14.2. The molecule has 24 heavy (non-hydrogen) atoms. The van der Waals surface area contributed by atoms with E-state index in [1.165, 1.54) is 0 Å². The fourth-order valence-corrected chi connectivity index (χ4v) is 3.39. The molecule has 5 nitrogen and oxygen atoms in total. The lowest BCUT2D eigenvalue weighted by Crippen LogP contribution is -2.41. The van der Waals surface area contributed by atoms with Gasteiger partial charge in [0.05, 0.1) is 24.9 Å². The highest BCUT2D eigenvalue weighted by Gasteiger charge is 2.32. The van der Waals surface area contributed by atoms with E-state index in [1.807, 2.05) is 18.7 Å². The molecule has 3 rings (SSSR count). The second kappa shape index (κ2) is 7.72. The van der Waals surface area contributed by atoms with Crippen molar-refractivity contribution in [3.05, 3.63) is 28.8 Å². The van der Waals surface area contributed by atoms with E-state index in [9.17, 15) is 4.79 Å². The normalized spacial score (nSPS) is 19.9. The predicted octanol–water partition coefficient (Wildman–Crippen LogP) is 3.35. The third kappa shape index (κ3) is 4.02. The van der Waals surface area contributed by atoms with Gasteiger partial charge in [0, 0.05) is 24.0 Å². The summed E-state index contributed by atoms with van der Waals surface area (Å²) in [4.78, 5) is 14.8. The molecule has 0 aromatic heterocycles. The van der Waals surface area contributed by atoms with E-state index in [4.69, 9.17) is 25.8 Å². The smallest absolute Gasteiger partial charge is 0.257 e. The van der Waals surface area contributed by atoms with Gasteiger partial charge in [-0.15, -0.1) is 0 Å². The Balaban J connectivity index is 1.67. The van der Waals surface area contributed by atoms with Crippen LogP contribution < -0.4 is 4.74 Å². The van der Waals surface area contributed by atoms with Gasteiger partial charge in [-0.1, -0.05) is 11.6 Å². The van der Waals surface area contributed by atoms with Crippen LogP contribution in [0.25, 0.3) is 0 Å². The first-order valence-corrected chi connectivity index (χ1v) is 8.91. The number of carbonyl (C=O) groups excluding carboxylic acids is 1. The fraction of sp³-hybridized carbons (Fsp3) is 0.611. The Morgan fingerprint density at radius 1 is 1.25 bits per heavy atom. The Morgan fingerprint density at radius 3 is 2.54 bits per heavy atom. The van der Waals surface area contributed by atoms with Crippen LogP contribution in [0.4, 0.5) is 0 Å². The van der Waals surface area contributed by atoms with E-state index >= 15 is 0 Å². The molecule has 0 saturated carbocycles. The van der Waals surface area contributed by atoms with Crippen molar-refractivity contribution in [1.82, 2.24) is 4.90 Å². The predicted molar refractivity (Wildman–Crippen MR) is 91.5 cm³/mol. The van der Waals surface area contributed by atoms with Crippen LogP contribution in [0.1, 0.15) is 37.0 Å². The molecule has 1 aromatic carbocycles. The summed E-state index contributed by atoms with van der Waals surface area (Å²) >= 11 is 6.09. The molecule has 2 saturated heterocycles. The topological polar surface area (TPSA) is 48.0 Å². The number of piperidine rings is 1. The third-order valence-electron chi connectivity index (χ3n) is 4.39. The van der Waals surface area contributed by atoms with Crippen LogP contribution in [-0.4, -0.2) is 49.5 Å². The summed E-state index contributed by atoms with van der Waals surface area (Å²) in [5.41, 5.74) is 0.531. The number of hydrogen-bond donors (Lipinski definition) is 0. The number of nitrogens with zero attached hydrogens (tertiary/aromatic N) is 1. The Labute approximate surface area is 147 Å². The van der Waals surface area contributed by atoms with Gasteiger partial charge in [-0.25, -0.2) is 0 Å². The van der Waals surface area contributed by atoms with Crippen LogP contribution in [0, 0.1) is 5.92 Å². The van der Waals surface area contributed by atoms with Crippen molar-refractivity contribution in [2.24, 2.45) is 5.92 Å². The number of benzene rings is 1. The second-order valence-electron chi connectivity index (χ2n) is 6.55. The summed E-state index contributed by atoms with van der Waals surface area (Å²) in [7, 11) is 0. The summed E-state index contributed by atoms with van der Waals surface area (Å²) < 4.78 is 16.9. The molecule has 6 heteroatoms. The summed E-state index contributed by atoms with van der Waals surface area (Å²) in [6.07, 6.45) is 1.67. The number of likely N-dealkylation sites (tertiary alicyclic amines) is 1. The molecule has 0 bridgehead atoms. The van der Waals surface area contributed by atoms with Gasteiger partial charge >= 0.3 is 0 Å². The maximum atomic E-state index is 12.9. The fourth-order valence-electron chi connectivity index (χ4n) is 3.22. The molecule has 0 unspecified atom stereocenters. The molecule has 2 aliphatic heterocycles. The Kier molecular flexibility index (Phi) is 5.64. The van der Waals surface area contributed by atoms with E-state index in [1.54, 1.807) is 18.2 Å². The van der Waals surface area contributed by atoms with Gasteiger partial charge in [-0.3, -0.25) is 4.79 Å². The van der Waals surface area contributed by atoms with Crippen LogP contribution in [0.15, 0.2) is 18.2 Å². The first kappa shape index (κ1) is 17.5. The summed E-state index contributed by atoms with van der Waals surface area (Å²) in [5.74, 6) is 0.922. The number of ether oxygens (including phenoxy) is 3. The average molecular weight is 354 g/mol. The molecule has 0 N–H and O–H groups in total.